The standard InChI is InChI=1S/C9H13F3O3/c1-3-5-8(14,9(10,11)12)6-7(13)15-4-2/h3,14H,1,4-6H2,2H3. The van der Waals surface area contributed by atoms with E-state index < -0.39 is 30.6 Å². The number of hydrogen-bond acceptors (Lipinski definition) is 3. The van der Waals surface area contributed by atoms with Crippen LogP contribution in [0.1, 0.15) is 19.8 Å². The molecule has 0 aromatic rings. The largest absolute Gasteiger partial charge is 0.466 e. The van der Waals surface area contributed by atoms with E-state index in [1.54, 1.807) is 0 Å². The van der Waals surface area contributed by atoms with Gasteiger partial charge >= 0.3 is 12.1 Å². The fourth-order valence-corrected chi connectivity index (χ4v) is 0.978. The van der Waals surface area contributed by atoms with Gasteiger partial charge in [0.05, 0.1) is 13.0 Å². The van der Waals surface area contributed by atoms with Crippen molar-refractivity contribution in [2.75, 3.05) is 6.61 Å². The van der Waals surface area contributed by atoms with Crippen molar-refractivity contribution < 1.29 is 27.8 Å². The molecule has 0 amide bonds. The first-order valence-electron chi connectivity index (χ1n) is 4.32. The van der Waals surface area contributed by atoms with Gasteiger partial charge in [0.1, 0.15) is 0 Å². The minimum atomic E-state index is -4.88. The van der Waals surface area contributed by atoms with Gasteiger partial charge in [0.25, 0.3) is 0 Å². The van der Waals surface area contributed by atoms with Gasteiger partial charge in [-0.15, -0.1) is 6.58 Å². The van der Waals surface area contributed by atoms with Gasteiger partial charge in [0.15, 0.2) is 5.60 Å². The lowest BCUT2D eigenvalue weighted by Gasteiger charge is -2.28. The monoisotopic (exact) mass is 226 g/mol. The summed E-state index contributed by atoms with van der Waals surface area (Å²) in [7, 11) is 0. The van der Waals surface area contributed by atoms with Crippen LogP contribution < -0.4 is 0 Å². The number of esters is 1. The quantitative estimate of drug-likeness (QED) is 0.574. The van der Waals surface area contributed by atoms with Crippen LogP contribution in [0.2, 0.25) is 0 Å². The predicted molar refractivity (Wildman–Crippen MR) is 47.1 cm³/mol. The van der Waals surface area contributed by atoms with Gasteiger partial charge < -0.3 is 9.84 Å². The maximum atomic E-state index is 12.4. The van der Waals surface area contributed by atoms with E-state index >= 15 is 0 Å². The summed E-state index contributed by atoms with van der Waals surface area (Å²) in [6.45, 7) is 4.54. The summed E-state index contributed by atoms with van der Waals surface area (Å²) in [6.07, 6.45) is -5.83. The van der Waals surface area contributed by atoms with E-state index in [4.69, 9.17) is 0 Å². The Morgan fingerprint density at radius 1 is 1.53 bits per heavy atom. The summed E-state index contributed by atoms with van der Waals surface area (Å²) in [5, 5.41) is 9.25. The third kappa shape index (κ3) is 3.91. The van der Waals surface area contributed by atoms with E-state index in [2.05, 4.69) is 11.3 Å². The molecule has 0 heterocycles. The van der Waals surface area contributed by atoms with Crippen molar-refractivity contribution in [1.29, 1.82) is 0 Å². The fourth-order valence-electron chi connectivity index (χ4n) is 0.978. The minimum Gasteiger partial charge on any atom is -0.466 e. The van der Waals surface area contributed by atoms with Crippen LogP contribution in [-0.2, 0) is 9.53 Å². The Morgan fingerprint density at radius 3 is 2.40 bits per heavy atom. The first-order valence-corrected chi connectivity index (χ1v) is 4.32. The molecule has 0 aliphatic heterocycles. The molecule has 88 valence electrons. The van der Waals surface area contributed by atoms with Gasteiger partial charge in [-0.3, -0.25) is 4.79 Å². The lowest BCUT2D eigenvalue weighted by Crippen LogP contribution is -2.46. The van der Waals surface area contributed by atoms with Crippen LogP contribution in [-0.4, -0.2) is 29.5 Å². The Bertz CT molecular complexity index is 237. The van der Waals surface area contributed by atoms with Gasteiger partial charge in [-0.1, -0.05) is 6.08 Å². The predicted octanol–water partition coefficient (Wildman–Crippen LogP) is 1.81. The van der Waals surface area contributed by atoms with Crippen molar-refractivity contribution >= 4 is 5.97 Å². The molecule has 0 aliphatic carbocycles. The second kappa shape index (κ2) is 5.16. The zero-order valence-corrected chi connectivity index (χ0v) is 8.30. The van der Waals surface area contributed by atoms with Crippen LogP contribution in [0, 0.1) is 0 Å². The molecule has 1 unspecified atom stereocenters. The summed E-state index contributed by atoms with van der Waals surface area (Å²) in [5.74, 6) is -1.08. The average molecular weight is 226 g/mol. The van der Waals surface area contributed by atoms with Crippen molar-refractivity contribution in [2.45, 2.75) is 31.5 Å². The van der Waals surface area contributed by atoms with Crippen molar-refractivity contribution in [3.05, 3.63) is 12.7 Å². The molecule has 0 radical (unpaired) electrons. The Hall–Kier alpha value is -1.04. The number of carbonyl (C=O) groups excluding carboxylic acids is 1. The number of ether oxygens (including phenoxy) is 1. The molecule has 0 fully saturated rings. The first kappa shape index (κ1) is 14.0. The molecule has 0 aliphatic rings. The zero-order chi connectivity index (χ0) is 12.1. The number of carbonyl (C=O) groups is 1. The number of rotatable bonds is 5. The van der Waals surface area contributed by atoms with Crippen LogP contribution in [0.3, 0.4) is 0 Å². The van der Waals surface area contributed by atoms with Gasteiger partial charge in [-0.25, -0.2) is 0 Å². The third-order valence-electron chi connectivity index (χ3n) is 1.75. The number of alkyl halides is 3. The van der Waals surface area contributed by atoms with Crippen molar-refractivity contribution in [3.63, 3.8) is 0 Å². The zero-order valence-electron chi connectivity index (χ0n) is 8.30. The summed E-state index contributed by atoms with van der Waals surface area (Å²) in [6, 6.07) is 0. The molecule has 0 bridgehead atoms. The number of aliphatic hydroxyl groups is 1. The fraction of sp³-hybridized carbons (Fsp3) is 0.667. The molecule has 1 N–H and O–H groups in total. The van der Waals surface area contributed by atoms with Crippen LogP contribution in [0.15, 0.2) is 12.7 Å². The molecule has 1 atom stereocenters. The van der Waals surface area contributed by atoms with Crippen molar-refractivity contribution in [3.8, 4) is 0 Å². The highest BCUT2D eigenvalue weighted by atomic mass is 19.4. The molecule has 0 rings (SSSR count). The highest BCUT2D eigenvalue weighted by molar-refractivity contribution is 5.70. The van der Waals surface area contributed by atoms with E-state index in [0.717, 1.165) is 6.08 Å². The maximum Gasteiger partial charge on any atom is 0.418 e. The Balaban J connectivity index is 4.66. The minimum absolute atomic E-state index is 0.0269. The molecule has 0 aromatic carbocycles. The summed E-state index contributed by atoms with van der Waals surface area (Å²) in [5.41, 5.74) is -3.08. The van der Waals surface area contributed by atoms with Crippen molar-refractivity contribution in [1.82, 2.24) is 0 Å². The summed E-state index contributed by atoms with van der Waals surface area (Å²) < 4.78 is 41.5. The second-order valence-corrected chi connectivity index (χ2v) is 3.00. The SMILES string of the molecule is C=CCC(O)(CC(=O)OCC)C(F)(F)F. The van der Waals surface area contributed by atoms with Crippen LogP contribution in [0.5, 0.6) is 0 Å². The lowest BCUT2D eigenvalue weighted by atomic mass is 9.95. The third-order valence-corrected chi connectivity index (χ3v) is 1.75. The Labute approximate surface area is 85.5 Å². The van der Waals surface area contributed by atoms with E-state index in [-0.39, 0.29) is 6.61 Å². The van der Waals surface area contributed by atoms with Gasteiger partial charge in [0.2, 0.25) is 0 Å². The maximum absolute atomic E-state index is 12.4. The molecule has 0 saturated heterocycles. The topological polar surface area (TPSA) is 46.5 Å². The van der Waals surface area contributed by atoms with Gasteiger partial charge in [0, 0.05) is 6.42 Å². The van der Waals surface area contributed by atoms with Crippen LogP contribution in [0.4, 0.5) is 13.2 Å². The molecule has 6 heteroatoms. The molecule has 3 nitrogen and oxygen atoms in total. The molecular weight excluding hydrogens is 213 g/mol. The van der Waals surface area contributed by atoms with E-state index in [1.165, 1.54) is 6.92 Å². The highest BCUT2D eigenvalue weighted by Crippen LogP contribution is 2.36. The second-order valence-electron chi connectivity index (χ2n) is 3.00. The summed E-state index contributed by atoms with van der Waals surface area (Å²) in [4.78, 5) is 10.9. The lowest BCUT2D eigenvalue weighted by molar-refractivity contribution is -0.261. The van der Waals surface area contributed by atoms with Crippen molar-refractivity contribution in [2.24, 2.45) is 0 Å². The average Bonchev–Trinajstić information content (AvgIpc) is 2.02. The Kier molecular flexibility index (Phi) is 4.80. The smallest absolute Gasteiger partial charge is 0.418 e. The first-order chi connectivity index (χ1) is 6.77. The number of halogens is 3. The van der Waals surface area contributed by atoms with Crippen LogP contribution >= 0.6 is 0 Å². The molecular formula is C9H13F3O3. The van der Waals surface area contributed by atoms with Crippen LogP contribution in [0.25, 0.3) is 0 Å². The molecule has 0 saturated carbocycles. The molecule has 0 spiro atoms. The molecule has 0 aromatic heterocycles. The summed E-state index contributed by atoms with van der Waals surface area (Å²) >= 11 is 0. The van der Waals surface area contributed by atoms with Gasteiger partial charge in [-0.2, -0.15) is 13.2 Å². The van der Waals surface area contributed by atoms with E-state index in [1.807, 2.05) is 0 Å². The van der Waals surface area contributed by atoms with Gasteiger partial charge in [-0.05, 0) is 6.92 Å². The van der Waals surface area contributed by atoms with E-state index in [0.29, 0.717) is 0 Å². The number of hydrogen-bond donors (Lipinski definition) is 1. The molecule has 15 heavy (non-hydrogen) atoms. The normalized spacial score (nSPS) is 15.5. The highest BCUT2D eigenvalue weighted by Gasteiger charge is 2.54. The van der Waals surface area contributed by atoms with E-state index in [9.17, 15) is 23.1 Å². The Morgan fingerprint density at radius 2 is 2.07 bits per heavy atom.